The molecule has 7 nitrogen and oxygen atoms in total. The summed E-state index contributed by atoms with van der Waals surface area (Å²) in [6, 6.07) is 22.4. The summed E-state index contributed by atoms with van der Waals surface area (Å²) >= 11 is 5.82. The van der Waals surface area contributed by atoms with Crippen molar-refractivity contribution < 1.29 is 35.6 Å². The molecule has 4 rings (SSSR count). The van der Waals surface area contributed by atoms with Gasteiger partial charge in [0, 0.05) is 25.1 Å². The van der Waals surface area contributed by atoms with Crippen LogP contribution >= 0.6 is 11.6 Å². The minimum Gasteiger partial charge on any atom is -0.355 e. The predicted octanol–water partition coefficient (Wildman–Crippen LogP) is 6.47. The van der Waals surface area contributed by atoms with Gasteiger partial charge in [0.25, 0.3) is 10.0 Å². The zero-order chi connectivity index (χ0) is 33.5. The smallest absolute Gasteiger partial charge is 0.355 e. The van der Waals surface area contributed by atoms with E-state index in [1.165, 1.54) is 48.5 Å². The fourth-order valence-corrected chi connectivity index (χ4v) is 6.44. The van der Waals surface area contributed by atoms with Gasteiger partial charge >= 0.3 is 6.18 Å². The molecule has 0 saturated heterocycles. The van der Waals surface area contributed by atoms with Gasteiger partial charge in [0.05, 0.1) is 21.2 Å². The highest BCUT2D eigenvalue weighted by Gasteiger charge is 2.37. The molecule has 1 N–H and O–H groups in total. The Morgan fingerprint density at radius 3 is 2.11 bits per heavy atom. The van der Waals surface area contributed by atoms with Crippen molar-refractivity contribution in [3.8, 4) is 0 Å². The molecule has 0 bridgehead atoms. The fraction of sp³-hybridized carbons (Fsp3) is 0.212. The van der Waals surface area contributed by atoms with Crippen molar-refractivity contribution >= 4 is 39.1 Å². The molecule has 0 heterocycles. The van der Waals surface area contributed by atoms with Gasteiger partial charge in [-0.05, 0) is 48.9 Å². The standard InChI is InChI=1S/C33H30ClF4N3O4S/c1-2-39-32(43)30(19-23-11-5-3-6-12-23)40(21-24-13-9-10-16-29(24)35)31(42)22-41(46(44,45)26-14-7-4-8-15-26)25-17-18-28(34)27(20-25)33(36,37)38/h3-18,20,30H,2,19,21-22H2,1H3,(H,39,43). The van der Waals surface area contributed by atoms with Crippen LogP contribution in [0.4, 0.5) is 23.2 Å². The lowest BCUT2D eigenvalue weighted by atomic mass is 10.0. The van der Waals surface area contributed by atoms with E-state index in [1.807, 2.05) is 0 Å². The van der Waals surface area contributed by atoms with Gasteiger partial charge in [-0.15, -0.1) is 0 Å². The van der Waals surface area contributed by atoms with Crippen LogP contribution < -0.4 is 9.62 Å². The number of hydrogen-bond donors (Lipinski definition) is 1. The van der Waals surface area contributed by atoms with E-state index in [-0.39, 0.29) is 23.4 Å². The molecule has 0 radical (unpaired) electrons. The molecule has 0 saturated carbocycles. The number of carbonyl (C=O) groups excluding carboxylic acids is 2. The highest BCUT2D eigenvalue weighted by molar-refractivity contribution is 7.92. The van der Waals surface area contributed by atoms with E-state index in [0.717, 1.165) is 17.0 Å². The molecule has 4 aromatic carbocycles. The minimum atomic E-state index is -4.94. The maximum atomic E-state index is 14.9. The number of benzene rings is 4. The Labute approximate surface area is 269 Å². The zero-order valence-electron chi connectivity index (χ0n) is 24.5. The SMILES string of the molecule is CCNC(=O)C(Cc1ccccc1)N(Cc1ccccc1F)C(=O)CN(c1ccc(Cl)c(C(F)(F)F)c1)S(=O)(=O)c1ccccc1. The molecule has 1 unspecified atom stereocenters. The van der Waals surface area contributed by atoms with Crippen molar-refractivity contribution in [1.29, 1.82) is 0 Å². The number of amides is 2. The first-order valence-corrected chi connectivity index (χ1v) is 15.9. The van der Waals surface area contributed by atoms with E-state index < -0.39 is 69.2 Å². The molecule has 1 atom stereocenters. The van der Waals surface area contributed by atoms with Gasteiger partial charge in [0.15, 0.2) is 0 Å². The number of nitrogens with zero attached hydrogens (tertiary/aromatic N) is 2. The molecule has 4 aromatic rings. The topological polar surface area (TPSA) is 86.8 Å². The Bertz CT molecular complexity index is 1770. The van der Waals surface area contributed by atoms with Crippen LogP contribution in [0.3, 0.4) is 0 Å². The normalized spacial score (nSPS) is 12.3. The number of sulfonamides is 1. The van der Waals surface area contributed by atoms with Crippen LogP contribution in [0.1, 0.15) is 23.6 Å². The van der Waals surface area contributed by atoms with Gasteiger partial charge in [-0.1, -0.05) is 78.3 Å². The predicted molar refractivity (Wildman–Crippen MR) is 167 cm³/mol. The summed E-state index contributed by atoms with van der Waals surface area (Å²) in [6.07, 6.45) is -4.95. The second-order valence-electron chi connectivity index (χ2n) is 10.2. The zero-order valence-corrected chi connectivity index (χ0v) is 26.1. The summed E-state index contributed by atoms with van der Waals surface area (Å²) in [5, 5.41) is 2.01. The number of alkyl halides is 3. The Morgan fingerprint density at radius 1 is 0.891 bits per heavy atom. The average molecular weight is 676 g/mol. The first-order valence-electron chi connectivity index (χ1n) is 14.1. The lowest BCUT2D eigenvalue weighted by Gasteiger charge is -2.34. The first kappa shape index (κ1) is 34.5. The van der Waals surface area contributed by atoms with Gasteiger partial charge in [-0.2, -0.15) is 13.2 Å². The molecule has 46 heavy (non-hydrogen) atoms. The van der Waals surface area contributed by atoms with Crippen LogP contribution in [0.5, 0.6) is 0 Å². The summed E-state index contributed by atoms with van der Waals surface area (Å²) < 4.78 is 84.9. The van der Waals surface area contributed by atoms with Crippen molar-refractivity contribution in [1.82, 2.24) is 10.2 Å². The second kappa shape index (κ2) is 14.8. The van der Waals surface area contributed by atoms with Gasteiger partial charge in [0.2, 0.25) is 11.8 Å². The van der Waals surface area contributed by atoms with Crippen LogP contribution in [0, 0.1) is 5.82 Å². The summed E-state index contributed by atoms with van der Waals surface area (Å²) in [5.74, 6) is -2.21. The third-order valence-corrected chi connectivity index (χ3v) is 9.19. The number of nitrogens with one attached hydrogen (secondary N) is 1. The highest BCUT2D eigenvalue weighted by Crippen LogP contribution is 2.38. The van der Waals surface area contributed by atoms with Crippen LogP contribution in [-0.2, 0) is 38.8 Å². The van der Waals surface area contributed by atoms with Crippen LogP contribution in [0.25, 0.3) is 0 Å². The Kier molecular flexibility index (Phi) is 11.1. The molecule has 13 heteroatoms. The van der Waals surface area contributed by atoms with Gasteiger partial charge in [0.1, 0.15) is 18.4 Å². The summed E-state index contributed by atoms with van der Waals surface area (Å²) in [5.41, 5.74) is -1.09. The summed E-state index contributed by atoms with van der Waals surface area (Å²) in [4.78, 5) is 28.5. The highest BCUT2D eigenvalue weighted by atomic mass is 35.5. The maximum absolute atomic E-state index is 14.9. The third kappa shape index (κ3) is 8.24. The largest absolute Gasteiger partial charge is 0.417 e. The monoisotopic (exact) mass is 675 g/mol. The number of carbonyl (C=O) groups is 2. The van der Waals surface area contributed by atoms with E-state index in [4.69, 9.17) is 11.6 Å². The van der Waals surface area contributed by atoms with Crippen LogP contribution in [-0.4, -0.2) is 44.3 Å². The Morgan fingerprint density at radius 2 is 1.50 bits per heavy atom. The Balaban J connectivity index is 1.86. The molecule has 0 aliphatic rings. The van der Waals surface area contributed by atoms with E-state index in [0.29, 0.717) is 15.9 Å². The summed E-state index contributed by atoms with van der Waals surface area (Å²) in [7, 11) is -4.65. The quantitative estimate of drug-likeness (QED) is 0.175. The van der Waals surface area contributed by atoms with Crippen LogP contribution in [0.15, 0.2) is 108 Å². The fourth-order valence-electron chi connectivity index (χ4n) is 4.79. The van der Waals surface area contributed by atoms with E-state index in [1.54, 1.807) is 43.3 Å². The third-order valence-electron chi connectivity index (χ3n) is 7.07. The number of rotatable bonds is 12. The van der Waals surface area contributed by atoms with Crippen molar-refractivity contribution in [2.75, 3.05) is 17.4 Å². The molecular formula is C33H30ClF4N3O4S. The van der Waals surface area contributed by atoms with Crippen molar-refractivity contribution in [3.05, 3.63) is 131 Å². The lowest BCUT2D eigenvalue weighted by molar-refractivity contribution is -0.140. The van der Waals surface area contributed by atoms with Crippen molar-refractivity contribution in [3.63, 3.8) is 0 Å². The van der Waals surface area contributed by atoms with E-state index >= 15 is 0 Å². The maximum Gasteiger partial charge on any atom is 0.417 e. The van der Waals surface area contributed by atoms with Crippen molar-refractivity contribution in [2.24, 2.45) is 0 Å². The molecule has 2 amide bonds. The second-order valence-corrected chi connectivity index (χ2v) is 12.5. The number of anilines is 1. The van der Waals surface area contributed by atoms with Gasteiger partial charge in [-0.25, -0.2) is 12.8 Å². The average Bonchev–Trinajstić information content (AvgIpc) is 3.03. The van der Waals surface area contributed by atoms with Crippen LogP contribution in [0.2, 0.25) is 5.02 Å². The first-order chi connectivity index (χ1) is 21.8. The number of hydrogen-bond acceptors (Lipinski definition) is 4. The number of halogens is 5. The molecule has 0 aliphatic heterocycles. The van der Waals surface area contributed by atoms with Crippen molar-refractivity contribution in [2.45, 2.75) is 37.0 Å². The van der Waals surface area contributed by atoms with E-state index in [2.05, 4.69) is 5.32 Å². The van der Waals surface area contributed by atoms with Gasteiger partial charge < -0.3 is 10.2 Å². The summed E-state index contributed by atoms with van der Waals surface area (Å²) in [6.45, 7) is 0.419. The molecule has 0 aliphatic carbocycles. The molecule has 0 aromatic heterocycles. The Hall–Kier alpha value is -4.42. The molecule has 0 spiro atoms. The van der Waals surface area contributed by atoms with Gasteiger partial charge in [-0.3, -0.25) is 13.9 Å². The molecule has 0 fully saturated rings. The molecular weight excluding hydrogens is 646 g/mol. The minimum absolute atomic E-state index is 0.0164. The molecule has 242 valence electrons. The van der Waals surface area contributed by atoms with E-state index in [9.17, 15) is 35.6 Å². The lowest BCUT2D eigenvalue weighted by Crippen LogP contribution is -2.53. The number of likely N-dealkylation sites (N-methyl/N-ethyl adjacent to an activating group) is 1.